The van der Waals surface area contributed by atoms with Gasteiger partial charge in [0.25, 0.3) is 0 Å². The molecule has 0 saturated carbocycles. The zero-order chi connectivity index (χ0) is 15.1. The molecule has 0 aromatic heterocycles. The Kier molecular flexibility index (Phi) is 6.20. The SMILES string of the molecule is CCOc1ccc(OCC)c(NC(=O)C2CSCCN2)c1. The molecule has 1 aliphatic rings. The quantitative estimate of drug-likeness (QED) is 0.843. The summed E-state index contributed by atoms with van der Waals surface area (Å²) in [6.07, 6.45) is 0. The largest absolute Gasteiger partial charge is 0.494 e. The average molecular weight is 310 g/mol. The first-order chi connectivity index (χ1) is 10.2. The Morgan fingerprint density at radius 2 is 2.19 bits per heavy atom. The number of thioether (sulfide) groups is 1. The van der Waals surface area contributed by atoms with Crippen LogP contribution in [0, 0.1) is 0 Å². The fourth-order valence-electron chi connectivity index (χ4n) is 2.10. The molecule has 116 valence electrons. The molecule has 5 nitrogen and oxygen atoms in total. The van der Waals surface area contributed by atoms with Gasteiger partial charge in [0, 0.05) is 24.1 Å². The molecule has 2 rings (SSSR count). The fourth-order valence-corrected chi connectivity index (χ4v) is 3.03. The fraction of sp³-hybridized carbons (Fsp3) is 0.533. The van der Waals surface area contributed by atoms with E-state index in [1.807, 2.05) is 32.0 Å². The molecule has 1 aromatic rings. The normalized spacial score (nSPS) is 18.1. The van der Waals surface area contributed by atoms with Gasteiger partial charge >= 0.3 is 0 Å². The van der Waals surface area contributed by atoms with Crippen LogP contribution in [0.25, 0.3) is 0 Å². The summed E-state index contributed by atoms with van der Waals surface area (Å²) in [7, 11) is 0. The van der Waals surface area contributed by atoms with E-state index in [4.69, 9.17) is 9.47 Å². The van der Waals surface area contributed by atoms with Gasteiger partial charge in [-0.25, -0.2) is 0 Å². The highest BCUT2D eigenvalue weighted by Gasteiger charge is 2.22. The molecule has 2 N–H and O–H groups in total. The highest BCUT2D eigenvalue weighted by molar-refractivity contribution is 7.99. The number of anilines is 1. The molecule has 6 heteroatoms. The molecule has 1 unspecified atom stereocenters. The molecule has 0 spiro atoms. The number of amides is 1. The Bertz CT molecular complexity index is 476. The predicted molar refractivity (Wildman–Crippen MR) is 86.5 cm³/mol. The van der Waals surface area contributed by atoms with Crippen LogP contribution in [0.5, 0.6) is 11.5 Å². The molecular weight excluding hydrogens is 288 g/mol. The lowest BCUT2D eigenvalue weighted by Gasteiger charge is -2.23. The third kappa shape index (κ3) is 4.54. The van der Waals surface area contributed by atoms with Crippen molar-refractivity contribution in [1.82, 2.24) is 5.32 Å². The Morgan fingerprint density at radius 3 is 2.86 bits per heavy atom. The lowest BCUT2D eigenvalue weighted by Crippen LogP contribution is -2.46. The lowest BCUT2D eigenvalue weighted by atomic mass is 10.2. The topological polar surface area (TPSA) is 59.6 Å². The van der Waals surface area contributed by atoms with Gasteiger partial charge in [-0.2, -0.15) is 11.8 Å². The van der Waals surface area contributed by atoms with E-state index in [1.165, 1.54) is 0 Å². The maximum Gasteiger partial charge on any atom is 0.242 e. The van der Waals surface area contributed by atoms with Gasteiger partial charge in [0.2, 0.25) is 5.91 Å². The van der Waals surface area contributed by atoms with Crippen LogP contribution in [-0.2, 0) is 4.79 Å². The van der Waals surface area contributed by atoms with Crippen LogP contribution in [0.2, 0.25) is 0 Å². The van der Waals surface area contributed by atoms with E-state index in [0.717, 1.165) is 23.8 Å². The minimum atomic E-state index is -0.158. The van der Waals surface area contributed by atoms with Crippen molar-refractivity contribution in [3.05, 3.63) is 18.2 Å². The van der Waals surface area contributed by atoms with Gasteiger partial charge in [-0.15, -0.1) is 0 Å². The van der Waals surface area contributed by atoms with E-state index in [9.17, 15) is 4.79 Å². The molecular formula is C15H22N2O3S. The average Bonchev–Trinajstić information content (AvgIpc) is 2.51. The summed E-state index contributed by atoms with van der Waals surface area (Å²) in [5, 5.41) is 6.17. The van der Waals surface area contributed by atoms with Crippen molar-refractivity contribution in [2.24, 2.45) is 0 Å². The zero-order valence-corrected chi connectivity index (χ0v) is 13.3. The summed E-state index contributed by atoms with van der Waals surface area (Å²) in [5.41, 5.74) is 0.658. The number of carbonyl (C=O) groups is 1. The molecule has 1 atom stereocenters. The number of benzene rings is 1. The maximum atomic E-state index is 12.3. The van der Waals surface area contributed by atoms with E-state index in [1.54, 1.807) is 11.8 Å². The monoisotopic (exact) mass is 310 g/mol. The molecule has 0 radical (unpaired) electrons. The second kappa shape index (κ2) is 8.14. The number of nitrogens with one attached hydrogen (secondary N) is 2. The smallest absolute Gasteiger partial charge is 0.242 e. The maximum absolute atomic E-state index is 12.3. The number of carbonyl (C=O) groups excluding carboxylic acids is 1. The Balaban J connectivity index is 2.11. The van der Waals surface area contributed by atoms with Gasteiger partial charge < -0.3 is 20.1 Å². The van der Waals surface area contributed by atoms with E-state index in [2.05, 4.69) is 10.6 Å². The van der Waals surface area contributed by atoms with Gasteiger partial charge in [-0.3, -0.25) is 4.79 Å². The van der Waals surface area contributed by atoms with E-state index in [-0.39, 0.29) is 11.9 Å². The summed E-state index contributed by atoms with van der Waals surface area (Å²) >= 11 is 1.79. The summed E-state index contributed by atoms with van der Waals surface area (Å²) in [6.45, 7) is 5.84. The lowest BCUT2D eigenvalue weighted by molar-refractivity contribution is -0.117. The van der Waals surface area contributed by atoms with Crippen molar-refractivity contribution in [2.45, 2.75) is 19.9 Å². The molecule has 0 aliphatic carbocycles. The van der Waals surface area contributed by atoms with Crippen LogP contribution in [0.1, 0.15) is 13.8 Å². The molecule has 1 amide bonds. The third-order valence-corrected chi connectivity index (χ3v) is 4.12. The summed E-state index contributed by atoms with van der Waals surface area (Å²) < 4.78 is 11.0. The van der Waals surface area contributed by atoms with Crippen LogP contribution in [0.4, 0.5) is 5.69 Å². The van der Waals surface area contributed by atoms with Crippen molar-refractivity contribution in [2.75, 3.05) is 36.6 Å². The predicted octanol–water partition coefficient (Wildman–Crippen LogP) is 2.13. The second-order valence-corrected chi connectivity index (χ2v) is 5.74. The minimum absolute atomic E-state index is 0.0307. The van der Waals surface area contributed by atoms with Crippen molar-refractivity contribution < 1.29 is 14.3 Å². The van der Waals surface area contributed by atoms with E-state index in [0.29, 0.717) is 24.7 Å². The van der Waals surface area contributed by atoms with Crippen LogP contribution in [-0.4, -0.2) is 43.2 Å². The number of hydrogen-bond acceptors (Lipinski definition) is 5. The van der Waals surface area contributed by atoms with Crippen molar-refractivity contribution in [3.63, 3.8) is 0 Å². The van der Waals surface area contributed by atoms with E-state index < -0.39 is 0 Å². The minimum Gasteiger partial charge on any atom is -0.494 e. The van der Waals surface area contributed by atoms with Crippen molar-refractivity contribution in [1.29, 1.82) is 0 Å². The first kappa shape index (κ1) is 16.0. The Labute approximate surface area is 129 Å². The molecule has 1 aliphatic heterocycles. The Hall–Kier alpha value is -1.40. The van der Waals surface area contributed by atoms with Crippen molar-refractivity contribution >= 4 is 23.4 Å². The van der Waals surface area contributed by atoms with Crippen LogP contribution < -0.4 is 20.1 Å². The van der Waals surface area contributed by atoms with Crippen molar-refractivity contribution in [3.8, 4) is 11.5 Å². The van der Waals surface area contributed by atoms with E-state index >= 15 is 0 Å². The second-order valence-electron chi connectivity index (χ2n) is 4.59. The number of ether oxygens (including phenoxy) is 2. The first-order valence-electron chi connectivity index (χ1n) is 7.26. The molecule has 1 fully saturated rings. The highest BCUT2D eigenvalue weighted by atomic mass is 32.2. The Morgan fingerprint density at radius 1 is 1.38 bits per heavy atom. The molecule has 0 bridgehead atoms. The van der Waals surface area contributed by atoms with Gasteiger partial charge in [-0.05, 0) is 26.0 Å². The highest BCUT2D eigenvalue weighted by Crippen LogP contribution is 2.29. The van der Waals surface area contributed by atoms with Gasteiger partial charge in [0.05, 0.1) is 24.9 Å². The van der Waals surface area contributed by atoms with Crippen LogP contribution >= 0.6 is 11.8 Å². The summed E-state index contributed by atoms with van der Waals surface area (Å²) in [4.78, 5) is 12.3. The molecule has 1 aromatic carbocycles. The standard InChI is InChI=1S/C15H22N2O3S/c1-3-19-11-5-6-14(20-4-2)12(9-11)17-15(18)13-10-21-8-7-16-13/h5-6,9,13,16H,3-4,7-8,10H2,1-2H3,(H,17,18). The first-order valence-corrected chi connectivity index (χ1v) is 8.41. The molecule has 21 heavy (non-hydrogen) atoms. The molecule has 1 heterocycles. The van der Waals surface area contributed by atoms with Gasteiger partial charge in [-0.1, -0.05) is 0 Å². The third-order valence-electron chi connectivity index (χ3n) is 3.06. The molecule has 1 saturated heterocycles. The van der Waals surface area contributed by atoms with Gasteiger partial charge in [0.1, 0.15) is 11.5 Å². The zero-order valence-electron chi connectivity index (χ0n) is 12.5. The van der Waals surface area contributed by atoms with Crippen LogP contribution in [0.3, 0.4) is 0 Å². The number of rotatable bonds is 6. The number of hydrogen-bond donors (Lipinski definition) is 2. The summed E-state index contributed by atoms with van der Waals surface area (Å²) in [6, 6.07) is 5.32. The van der Waals surface area contributed by atoms with Crippen LogP contribution in [0.15, 0.2) is 18.2 Å². The summed E-state index contributed by atoms with van der Waals surface area (Å²) in [5.74, 6) is 3.20. The van der Waals surface area contributed by atoms with Gasteiger partial charge in [0.15, 0.2) is 0 Å².